The summed E-state index contributed by atoms with van der Waals surface area (Å²) in [4.78, 5) is 17.0. The van der Waals surface area contributed by atoms with Crippen molar-refractivity contribution >= 4 is 22.8 Å². The highest BCUT2D eigenvalue weighted by Gasteiger charge is 2.17. The van der Waals surface area contributed by atoms with Gasteiger partial charge in [0.05, 0.1) is 22.4 Å². The topological polar surface area (TPSA) is 54.5 Å². The van der Waals surface area contributed by atoms with E-state index in [4.69, 9.17) is 0 Å². The Morgan fingerprint density at radius 1 is 1.04 bits per heavy atom. The Bertz CT molecular complexity index is 1040. The first-order chi connectivity index (χ1) is 13.1. The number of aromatic nitrogens is 4. The van der Waals surface area contributed by atoms with Crippen molar-refractivity contribution in [3.05, 3.63) is 71.9 Å². The van der Waals surface area contributed by atoms with Gasteiger partial charge < -0.3 is 4.98 Å². The van der Waals surface area contributed by atoms with E-state index in [2.05, 4.69) is 33.8 Å². The van der Waals surface area contributed by atoms with E-state index in [1.54, 1.807) is 30.2 Å². The van der Waals surface area contributed by atoms with E-state index in [1.807, 2.05) is 24.3 Å². The second kappa shape index (κ2) is 7.48. The van der Waals surface area contributed by atoms with Crippen LogP contribution in [0.5, 0.6) is 0 Å². The molecule has 0 spiro atoms. The highest BCUT2D eigenvalue weighted by Crippen LogP contribution is 2.32. The van der Waals surface area contributed by atoms with Crippen molar-refractivity contribution < 1.29 is 4.39 Å². The average molecular weight is 378 g/mol. The number of halogens is 1. The number of hydrogen-bond acceptors (Lipinski definition) is 4. The first-order valence-electron chi connectivity index (χ1n) is 8.79. The zero-order valence-corrected chi connectivity index (χ0v) is 15.9. The highest BCUT2D eigenvalue weighted by atomic mass is 32.2. The molecular formula is C21H19FN4S. The molecule has 4 nitrogen and oxygen atoms in total. The third-order valence-corrected chi connectivity index (χ3v) is 5.26. The van der Waals surface area contributed by atoms with Crippen LogP contribution in [0.2, 0.25) is 0 Å². The molecule has 0 bridgehead atoms. The van der Waals surface area contributed by atoms with Crippen LogP contribution in [0, 0.1) is 5.82 Å². The third-order valence-electron chi connectivity index (χ3n) is 4.36. The predicted octanol–water partition coefficient (Wildman–Crippen LogP) is 5.57. The van der Waals surface area contributed by atoms with Crippen LogP contribution in [-0.2, 0) is 5.75 Å². The number of H-pyrrole nitrogens is 1. The minimum absolute atomic E-state index is 0.255. The van der Waals surface area contributed by atoms with Gasteiger partial charge in [-0.05, 0) is 42.3 Å². The van der Waals surface area contributed by atoms with E-state index in [0.717, 1.165) is 38.7 Å². The minimum Gasteiger partial charge on any atom is -0.333 e. The molecule has 136 valence electrons. The van der Waals surface area contributed by atoms with Crippen LogP contribution in [0.25, 0.3) is 22.3 Å². The molecule has 0 fully saturated rings. The van der Waals surface area contributed by atoms with E-state index in [9.17, 15) is 4.39 Å². The Morgan fingerprint density at radius 3 is 2.56 bits per heavy atom. The fourth-order valence-corrected chi connectivity index (χ4v) is 3.97. The number of benzene rings is 2. The molecule has 4 aromatic rings. The lowest BCUT2D eigenvalue weighted by molar-refractivity contribution is 0.628. The summed E-state index contributed by atoms with van der Waals surface area (Å²) < 4.78 is 13.3. The van der Waals surface area contributed by atoms with Gasteiger partial charge in [-0.15, -0.1) is 0 Å². The summed E-state index contributed by atoms with van der Waals surface area (Å²) in [5, 5.41) is 0.861. The number of hydrogen-bond donors (Lipinski definition) is 1. The van der Waals surface area contributed by atoms with E-state index >= 15 is 0 Å². The van der Waals surface area contributed by atoms with E-state index < -0.39 is 0 Å². The Morgan fingerprint density at radius 2 is 1.81 bits per heavy atom. The first-order valence-corrected chi connectivity index (χ1v) is 9.77. The van der Waals surface area contributed by atoms with Crippen molar-refractivity contribution in [2.24, 2.45) is 0 Å². The average Bonchev–Trinajstić information content (AvgIpc) is 3.09. The van der Waals surface area contributed by atoms with Crippen LogP contribution < -0.4 is 0 Å². The van der Waals surface area contributed by atoms with Gasteiger partial charge in [-0.25, -0.2) is 19.3 Å². The molecule has 2 aromatic carbocycles. The number of imidazole rings is 1. The van der Waals surface area contributed by atoms with Crippen LogP contribution in [0.15, 0.2) is 60.0 Å². The fourth-order valence-electron chi connectivity index (χ4n) is 3.06. The smallest absolute Gasteiger partial charge is 0.166 e. The number of nitrogens with one attached hydrogen (secondary N) is 1. The molecule has 0 atom stereocenters. The number of nitrogens with zero attached hydrogens (tertiary/aromatic N) is 3. The molecule has 0 aliphatic rings. The van der Waals surface area contributed by atoms with Gasteiger partial charge in [0.2, 0.25) is 0 Å². The molecule has 1 N–H and O–H groups in total. The fraction of sp³-hybridized carbons (Fsp3) is 0.190. The summed E-state index contributed by atoms with van der Waals surface area (Å²) in [5.41, 5.74) is 5.77. The monoisotopic (exact) mass is 378 g/mol. The standard InChI is InChI=1S/C21H19FN4S/c1-13(2)19-16(11-27-21-25-17-5-3-4-6-18(17)26-21)20(24-12-23-19)14-7-9-15(22)10-8-14/h3-10,12-13H,11H2,1-2H3,(H,25,26). The lowest BCUT2D eigenvalue weighted by Gasteiger charge is -2.15. The summed E-state index contributed by atoms with van der Waals surface area (Å²) in [6, 6.07) is 14.4. The number of rotatable bonds is 5. The Kier molecular flexibility index (Phi) is 4.90. The molecule has 0 aliphatic heterocycles. The molecule has 2 heterocycles. The molecule has 0 unspecified atom stereocenters. The van der Waals surface area contributed by atoms with Gasteiger partial charge in [0, 0.05) is 16.9 Å². The van der Waals surface area contributed by atoms with Gasteiger partial charge in [0.25, 0.3) is 0 Å². The summed E-state index contributed by atoms with van der Waals surface area (Å²) in [6.07, 6.45) is 1.59. The molecule has 4 rings (SSSR count). The molecule has 0 saturated carbocycles. The zero-order chi connectivity index (χ0) is 18.8. The third kappa shape index (κ3) is 3.71. The van der Waals surface area contributed by atoms with E-state index in [1.165, 1.54) is 12.1 Å². The molecular weight excluding hydrogens is 359 g/mol. The van der Waals surface area contributed by atoms with Gasteiger partial charge in [0.1, 0.15) is 12.1 Å². The Hall–Kier alpha value is -2.73. The minimum atomic E-state index is -0.255. The quantitative estimate of drug-likeness (QED) is 0.461. The summed E-state index contributed by atoms with van der Waals surface area (Å²) in [7, 11) is 0. The van der Waals surface area contributed by atoms with Crippen LogP contribution in [0.3, 0.4) is 0 Å². The number of thioether (sulfide) groups is 1. The Labute approximate surface area is 161 Å². The lowest BCUT2D eigenvalue weighted by Crippen LogP contribution is -2.04. The van der Waals surface area contributed by atoms with Crippen LogP contribution in [0.4, 0.5) is 4.39 Å². The summed E-state index contributed by atoms with van der Waals surface area (Å²) >= 11 is 1.62. The first kappa shape index (κ1) is 17.7. The molecule has 2 aromatic heterocycles. The zero-order valence-electron chi connectivity index (χ0n) is 15.1. The number of para-hydroxylation sites is 2. The number of aromatic amines is 1. The molecule has 0 amide bonds. The number of fused-ring (bicyclic) bond motifs is 1. The normalized spacial score (nSPS) is 11.4. The SMILES string of the molecule is CC(C)c1ncnc(-c2ccc(F)cc2)c1CSc1nc2ccccc2[nH]1. The second-order valence-corrected chi connectivity index (χ2v) is 7.56. The van der Waals surface area contributed by atoms with Crippen molar-refractivity contribution in [3.8, 4) is 11.3 Å². The highest BCUT2D eigenvalue weighted by molar-refractivity contribution is 7.98. The van der Waals surface area contributed by atoms with Crippen molar-refractivity contribution in [2.75, 3.05) is 0 Å². The van der Waals surface area contributed by atoms with Crippen LogP contribution in [0.1, 0.15) is 31.0 Å². The van der Waals surface area contributed by atoms with Crippen molar-refractivity contribution in [2.45, 2.75) is 30.7 Å². The Balaban J connectivity index is 1.70. The predicted molar refractivity (Wildman–Crippen MR) is 107 cm³/mol. The largest absolute Gasteiger partial charge is 0.333 e. The van der Waals surface area contributed by atoms with Crippen LogP contribution in [-0.4, -0.2) is 19.9 Å². The van der Waals surface area contributed by atoms with Gasteiger partial charge in [-0.2, -0.15) is 0 Å². The van der Waals surface area contributed by atoms with Gasteiger partial charge in [-0.3, -0.25) is 0 Å². The van der Waals surface area contributed by atoms with Gasteiger partial charge in [0.15, 0.2) is 5.16 Å². The summed E-state index contributed by atoms with van der Waals surface area (Å²) in [6.45, 7) is 4.23. The van der Waals surface area contributed by atoms with Gasteiger partial charge in [-0.1, -0.05) is 37.7 Å². The van der Waals surface area contributed by atoms with Gasteiger partial charge >= 0.3 is 0 Å². The van der Waals surface area contributed by atoms with E-state index in [0.29, 0.717) is 5.75 Å². The molecule has 0 radical (unpaired) electrons. The van der Waals surface area contributed by atoms with Crippen LogP contribution >= 0.6 is 11.8 Å². The van der Waals surface area contributed by atoms with Crippen molar-refractivity contribution in [3.63, 3.8) is 0 Å². The summed E-state index contributed by atoms with van der Waals surface area (Å²) in [5.74, 6) is 0.689. The molecule has 0 saturated heterocycles. The maximum absolute atomic E-state index is 13.3. The lowest BCUT2D eigenvalue weighted by atomic mass is 10.00. The molecule has 27 heavy (non-hydrogen) atoms. The van der Waals surface area contributed by atoms with E-state index in [-0.39, 0.29) is 11.7 Å². The second-order valence-electron chi connectivity index (χ2n) is 6.60. The molecule has 0 aliphatic carbocycles. The van der Waals surface area contributed by atoms with Crippen molar-refractivity contribution in [1.82, 2.24) is 19.9 Å². The van der Waals surface area contributed by atoms with Crippen molar-refractivity contribution in [1.29, 1.82) is 0 Å². The molecule has 6 heteroatoms. The maximum Gasteiger partial charge on any atom is 0.166 e. The maximum atomic E-state index is 13.3.